The summed E-state index contributed by atoms with van der Waals surface area (Å²) in [5.41, 5.74) is 0. The third-order valence-electron chi connectivity index (χ3n) is 3.29. The molecule has 2 atom stereocenters. The lowest BCUT2D eigenvalue weighted by molar-refractivity contribution is 0.361. The molecule has 2 rings (SSSR count). The van der Waals surface area contributed by atoms with Gasteiger partial charge in [-0.2, -0.15) is 0 Å². The number of anilines is 1. The molecule has 1 saturated heterocycles. The van der Waals surface area contributed by atoms with E-state index in [1.165, 1.54) is 19.2 Å². The van der Waals surface area contributed by atoms with Crippen LogP contribution in [-0.4, -0.2) is 22.6 Å². The van der Waals surface area contributed by atoms with E-state index >= 15 is 0 Å². The van der Waals surface area contributed by atoms with E-state index in [4.69, 9.17) is 11.6 Å². The van der Waals surface area contributed by atoms with Gasteiger partial charge in [-0.15, -0.1) is 0 Å². The zero-order chi connectivity index (χ0) is 10.8. The van der Waals surface area contributed by atoms with E-state index in [9.17, 15) is 0 Å². The zero-order valence-corrected chi connectivity index (χ0v) is 9.91. The van der Waals surface area contributed by atoms with Crippen molar-refractivity contribution in [3.8, 4) is 0 Å². The number of hydrogen-bond donors (Lipinski definition) is 0. The molecule has 0 bridgehead atoms. The third kappa shape index (κ3) is 2.23. The molecule has 15 heavy (non-hydrogen) atoms. The van der Waals surface area contributed by atoms with Crippen molar-refractivity contribution in [1.82, 2.24) is 9.97 Å². The predicted octanol–water partition coefficient (Wildman–Crippen LogP) is 2.75. The molecule has 0 aliphatic carbocycles. The van der Waals surface area contributed by atoms with Crippen LogP contribution in [0.3, 0.4) is 0 Å². The Bertz CT molecular complexity index is 342. The van der Waals surface area contributed by atoms with E-state index in [0.29, 0.717) is 17.1 Å². The first-order valence-electron chi connectivity index (χ1n) is 5.42. The summed E-state index contributed by atoms with van der Waals surface area (Å²) in [5.74, 6) is 1.67. The van der Waals surface area contributed by atoms with Crippen LogP contribution >= 0.6 is 11.6 Å². The van der Waals surface area contributed by atoms with Crippen LogP contribution in [-0.2, 0) is 0 Å². The fraction of sp³-hybridized carbons (Fsp3) is 0.636. The zero-order valence-electron chi connectivity index (χ0n) is 9.15. The molecule has 4 heteroatoms. The second-order valence-corrected chi connectivity index (χ2v) is 4.64. The highest BCUT2D eigenvalue weighted by atomic mass is 35.5. The lowest BCUT2D eigenvalue weighted by Crippen LogP contribution is -2.42. The molecule has 0 aromatic carbocycles. The Hall–Kier alpha value is -0.830. The lowest BCUT2D eigenvalue weighted by atomic mass is 9.92. The summed E-state index contributed by atoms with van der Waals surface area (Å²) < 4.78 is 0. The van der Waals surface area contributed by atoms with Gasteiger partial charge in [0.25, 0.3) is 0 Å². The molecule has 2 heterocycles. The molecule has 1 aromatic heterocycles. The van der Waals surface area contributed by atoms with Crippen molar-refractivity contribution in [3.05, 3.63) is 17.5 Å². The number of hydrogen-bond acceptors (Lipinski definition) is 3. The summed E-state index contributed by atoms with van der Waals surface area (Å²) in [5, 5.41) is 0.519. The fourth-order valence-electron chi connectivity index (χ4n) is 2.14. The average molecular weight is 226 g/mol. The quantitative estimate of drug-likeness (QED) is 0.689. The number of piperidine rings is 1. The van der Waals surface area contributed by atoms with Crippen molar-refractivity contribution in [2.24, 2.45) is 5.92 Å². The van der Waals surface area contributed by atoms with Crippen LogP contribution in [0, 0.1) is 5.92 Å². The van der Waals surface area contributed by atoms with Gasteiger partial charge in [-0.25, -0.2) is 9.97 Å². The van der Waals surface area contributed by atoms with Gasteiger partial charge in [0.15, 0.2) is 0 Å². The second kappa shape index (κ2) is 4.35. The van der Waals surface area contributed by atoms with Gasteiger partial charge < -0.3 is 4.90 Å². The summed E-state index contributed by atoms with van der Waals surface area (Å²) in [6.07, 6.45) is 4.06. The summed E-state index contributed by atoms with van der Waals surface area (Å²) >= 11 is 5.87. The van der Waals surface area contributed by atoms with Gasteiger partial charge in [-0.05, 0) is 25.7 Å². The summed E-state index contributed by atoms with van der Waals surface area (Å²) in [7, 11) is 0. The Balaban J connectivity index is 2.22. The third-order valence-corrected chi connectivity index (χ3v) is 3.49. The highest BCUT2D eigenvalue weighted by Crippen LogP contribution is 2.27. The van der Waals surface area contributed by atoms with E-state index in [0.717, 1.165) is 12.4 Å². The van der Waals surface area contributed by atoms with Crippen LogP contribution in [0.5, 0.6) is 0 Å². The molecule has 3 nitrogen and oxygen atoms in total. The molecular weight excluding hydrogens is 210 g/mol. The molecule has 0 amide bonds. The number of nitrogens with zero attached hydrogens (tertiary/aromatic N) is 3. The van der Waals surface area contributed by atoms with Gasteiger partial charge in [-0.1, -0.05) is 18.5 Å². The number of aromatic nitrogens is 2. The lowest BCUT2D eigenvalue weighted by Gasteiger charge is -2.38. The van der Waals surface area contributed by atoms with Gasteiger partial charge in [0, 0.05) is 18.7 Å². The summed E-state index contributed by atoms with van der Waals surface area (Å²) in [4.78, 5) is 10.5. The minimum Gasteiger partial charge on any atom is -0.354 e. The van der Waals surface area contributed by atoms with Crippen molar-refractivity contribution in [3.63, 3.8) is 0 Å². The molecule has 1 aliphatic rings. The highest BCUT2D eigenvalue weighted by molar-refractivity contribution is 6.29. The monoisotopic (exact) mass is 225 g/mol. The molecule has 2 unspecified atom stereocenters. The molecule has 82 valence electrons. The van der Waals surface area contributed by atoms with Crippen LogP contribution in [0.1, 0.15) is 26.7 Å². The smallest absolute Gasteiger partial charge is 0.134 e. The Kier molecular flexibility index (Phi) is 3.10. The Morgan fingerprint density at radius 1 is 1.40 bits per heavy atom. The van der Waals surface area contributed by atoms with Crippen LogP contribution in [0.15, 0.2) is 12.4 Å². The van der Waals surface area contributed by atoms with Crippen molar-refractivity contribution in [1.29, 1.82) is 0 Å². The van der Waals surface area contributed by atoms with E-state index in [1.54, 1.807) is 0 Å². The SMILES string of the molecule is CC1CCCN(c2cc(Cl)ncn2)C1C. The molecule has 1 aromatic rings. The summed E-state index contributed by atoms with van der Waals surface area (Å²) in [6, 6.07) is 2.38. The van der Waals surface area contributed by atoms with Crippen LogP contribution in [0.4, 0.5) is 5.82 Å². The van der Waals surface area contributed by atoms with Gasteiger partial charge in [0.1, 0.15) is 17.3 Å². The number of halogens is 1. The maximum absolute atomic E-state index is 5.87. The van der Waals surface area contributed by atoms with Crippen LogP contribution in [0.25, 0.3) is 0 Å². The normalized spacial score (nSPS) is 26.7. The molecule has 0 saturated carbocycles. The van der Waals surface area contributed by atoms with E-state index < -0.39 is 0 Å². The number of rotatable bonds is 1. The first-order valence-corrected chi connectivity index (χ1v) is 5.80. The Morgan fingerprint density at radius 3 is 2.93 bits per heavy atom. The van der Waals surface area contributed by atoms with Crippen molar-refractivity contribution in [2.75, 3.05) is 11.4 Å². The van der Waals surface area contributed by atoms with E-state index in [2.05, 4.69) is 28.7 Å². The maximum Gasteiger partial charge on any atom is 0.134 e. The maximum atomic E-state index is 5.87. The van der Waals surface area contributed by atoms with Crippen molar-refractivity contribution >= 4 is 17.4 Å². The summed E-state index contributed by atoms with van der Waals surface area (Å²) in [6.45, 7) is 5.61. The molecule has 1 aliphatic heterocycles. The Labute approximate surface area is 95.5 Å². The van der Waals surface area contributed by atoms with Gasteiger partial charge in [0.05, 0.1) is 0 Å². The molecule has 0 radical (unpaired) electrons. The average Bonchev–Trinajstić information content (AvgIpc) is 2.22. The van der Waals surface area contributed by atoms with Gasteiger partial charge in [0.2, 0.25) is 0 Å². The fourth-order valence-corrected chi connectivity index (χ4v) is 2.28. The predicted molar refractivity (Wildman–Crippen MR) is 62.2 cm³/mol. The largest absolute Gasteiger partial charge is 0.354 e. The topological polar surface area (TPSA) is 29.0 Å². The van der Waals surface area contributed by atoms with Gasteiger partial charge in [-0.3, -0.25) is 0 Å². The molecular formula is C11H16ClN3. The highest BCUT2D eigenvalue weighted by Gasteiger charge is 2.25. The van der Waals surface area contributed by atoms with Gasteiger partial charge >= 0.3 is 0 Å². The molecule has 0 N–H and O–H groups in total. The van der Waals surface area contributed by atoms with Crippen LogP contribution < -0.4 is 4.90 Å². The minimum absolute atomic E-state index is 0.519. The standard InChI is InChI=1S/C11H16ClN3/c1-8-4-3-5-15(9(8)2)11-6-10(12)13-7-14-11/h6-9H,3-5H2,1-2H3. The first kappa shape index (κ1) is 10.7. The van der Waals surface area contributed by atoms with Crippen molar-refractivity contribution in [2.45, 2.75) is 32.7 Å². The molecule has 0 spiro atoms. The van der Waals surface area contributed by atoms with Crippen molar-refractivity contribution < 1.29 is 0 Å². The van der Waals surface area contributed by atoms with E-state index in [1.807, 2.05) is 6.07 Å². The molecule has 1 fully saturated rings. The second-order valence-electron chi connectivity index (χ2n) is 4.25. The first-order chi connectivity index (χ1) is 7.18. The van der Waals surface area contributed by atoms with E-state index in [-0.39, 0.29) is 0 Å². The van der Waals surface area contributed by atoms with Crippen LogP contribution in [0.2, 0.25) is 5.15 Å². The minimum atomic E-state index is 0.519. The Morgan fingerprint density at radius 2 is 2.20 bits per heavy atom.